The molecule has 0 heterocycles. The molecule has 110 valence electrons. The van der Waals surface area contributed by atoms with Gasteiger partial charge in [-0.25, -0.2) is 0 Å². The van der Waals surface area contributed by atoms with Crippen LogP contribution in [0.15, 0.2) is 22.7 Å². The number of carbonyl (C=O) groups excluding carboxylic acids is 1. The summed E-state index contributed by atoms with van der Waals surface area (Å²) in [5.41, 5.74) is 1.07. The van der Waals surface area contributed by atoms with Crippen molar-refractivity contribution in [3.8, 4) is 5.75 Å². The fraction of sp³-hybridized carbons (Fsp3) is 0.533. The fourth-order valence-electron chi connectivity index (χ4n) is 2.03. The van der Waals surface area contributed by atoms with Gasteiger partial charge in [0.1, 0.15) is 5.75 Å². The van der Waals surface area contributed by atoms with Crippen molar-refractivity contribution in [2.24, 2.45) is 0 Å². The van der Waals surface area contributed by atoms with Crippen molar-refractivity contribution in [1.29, 1.82) is 0 Å². The quantitative estimate of drug-likeness (QED) is 0.865. The molecule has 1 aromatic carbocycles. The van der Waals surface area contributed by atoms with Crippen LogP contribution in [0.25, 0.3) is 0 Å². The first-order valence-electron chi connectivity index (χ1n) is 6.84. The second kappa shape index (κ2) is 6.59. The van der Waals surface area contributed by atoms with Gasteiger partial charge >= 0.3 is 0 Å². The Morgan fingerprint density at radius 1 is 1.55 bits per heavy atom. The maximum atomic E-state index is 12.1. The predicted octanol–water partition coefficient (Wildman–Crippen LogP) is 2.56. The summed E-state index contributed by atoms with van der Waals surface area (Å²) < 4.78 is 6.38. The second-order valence-electron chi connectivity index (χ2n) is 5.33. The predicted molar refractivity (Wildman–Crippen MR) is 82.8 cm³/mol. The van der Waals surface area contributed by atoms with Crippen LogP contribution in [0.3, 0.4) is 0 Å². The average molecular weight is 341 g/mol. The minimum absolute atomic E-state index is 0.101. The zero-order valence-corrected chi connectivity index (χ0v) is 13.7. The molecular weight excluding hydrogens is 320 g/mol. The van der Waals surface area contributed by atoms with Crippen LogP contribution in [-0.4, -0.2) is 37.0 Å². The van der Waals surface area contributed by atoms with Crippen molar-refractivity contribution in [2.45, 2.75) is 38.4 Å². The number of ether oxygens (including phenoxy) is 1. The van der Waals surface area contributed by atoms with Crippen LogP contribution in [0.5, 0.6) is 5.75 Å². The molecule has 0 aliphatic heterocycles. The van der Waals surface area contributed by atoms with Crippen LogP contribution < -0.4 is 10.1 Å². The van der Waals surface area contributed by atoms with Gasteiger partial charge in [-0.15, -0.1) is 0 Å². The summed E-state index contributed by atoms with van der Waals surface area (Å²) in [6.07, 6.45) is 2.23. The molecule has 1 amide bonds. The number of nitrogens with one attached hydrogen (secondary N) is 1. The number of benzene rings is 1. The minimum atomic E-state index is -0.153. The van der Waals surface area contributed by atoms with E-state index in [1.165, 1.54) is 0 Å². The third-order valence-electron chi connectivity index (χ3n) is 3.63. The molecule has 0 aromatic heterocycles. The van der Waals surface area contributed by atoms with Gasteiger partial charge in [0, 0.05) is 22.6 Å². The van der Waals surface area contributed by atoms with E-state index >= 15 is 0 Å². The lowest BCUT2D eigenvalue weighted by atomic mass is 10.1. The van der Waals surface area contributed by atoms with Crippen molar-refractivity contribution in [1.82, 2.24) is 10.2 Å². The summed E-state index contributed by atoms with van der Waals surface area (Å²) in [5.74, 6) is 0.943. The van der Waals surface area contributed by atoms with Crippen molar-refractivity contribution >= 4 is 21.8 Å². The summed E-state index contributed by atoms with van der Waals surface area (Å²) in [5, 5.41) is 3.04. The lowest BCUT2D eigenvalue weighted by Crippen LogP contribution is -2.43. The molecule has 1 aliphatic carbocycles. The molecule has 1 N–H and O–H groups in total. The topological polar surface area (TPSA) is 41.6 Å². The minimum Gasteiger partial charge on any atom is -0.496 e. The van der Waals surface area contributed by atoms with E-state index in [4.69, 9.17) is 4.74 Å². The number of carbonyl (C=O) groups is 1. The molecule has 1 aliphatic rings. The molecule has 5 heteroatoms. The van der Waals surface area contributed by atoms with E-state index in [-0.39, 0.29) is 11.9 Å². The van der Waals surface area contributed by atoms with Crippen LogP contribution in [-0.2, 0) is 11.3 Å². The zero-order chi connectivity index (χ0) is 14.7. The summed E-state index contributed by atoms with van der Waals surface area (Å²) >= 11 is 3.47. The lowest BCUT2D eigenvalue weighted by molar-refractivity contribution is -0.125. The molecule has 1 atom stereocenters. The summed E-state index contributed by atoms with van der Waals surface area (Å²) in [6, 6.07) is 6.16. The lowest BCUT2D eigenvalue weighted by Gasteiger charge is -2.24. The van der Waals surface area contributed by atoms with Crippen LogP contribution in [0.1, 0.15) is 25.3 Å². The Labute approximate surface area is 128 Å². The van der Waals surface area contributed by atoms with Gasteiger partial charge in [0.2, 0.25) is 5.91 Å². The first-order valence-corrected chi connectivity index (χ1v) is 7.63. The van der Waals surface area contributed by atoms with E-state index in [9.17, 15) is 4.79 Å². The molecule has 1 aromatic rings. The third kappa shape index (κ3) is 3.96. The number of halogens is 1. The number of nitrogens with zero attached hydrogens (tertiary/aromatic N) is 1. The van der Waals surface area contributed by atoms with E-state index in [1.807, 2.05) is 37.1 Å². The molecule has 0 saturated heterocycles. The van der Waals surface area contributed by atoms with Gasteiger partial charge in [-0.1, -0.05) is 15.9 Å². The number of methoxy groups -OCH3 is 1. The summed E-state index contributed by atoms with van der Waals surface area (Å²) in [4.78, 5) is 14.1. The highest BCUT2D eigenvalue weighted by atomic mass is 79.9. The molecule has 4 nitrogen and oxygen atoms in total. The monoisotopic (exact) mass is 340 g/mol. The van der Waals surface area contributed by atoms with Crippen molar-refractivity contribution in [3.63, 3.8) is 0 Å². The Hall–Kier alpha value is -1.07. The SMILES string of the molecule is COc1ccc(Br)cc1CN(C)[C@@H](C)C(=O)NC1CC1. The highest BCUT2D eigenvalue weighted by molar-refractivity contribution is 9.10. The number of rotatable bonds is 6. The smallest absolute Gasteiger partial charge is 0.237 e. The Kier molecular flexibility index (Phi) is 5.05. The van der Waals surface area contributed by atoms with Crippen LogP contribution in [0.4, 0.5) is 0 Å². The van der Waals surface area contributed by atoms with Crippen molar-refractivity contribution < 1.29 is 9.53 Å². The van der Waals surface area contributed by atoms with Gasteiger partial charge < -0.3 is 10.1 Å². The number of amides is 1. The fourth-order valence-corrected chi connectivity index (χ4v) is 2.43. The molecule has 2 rings (SSSR count). The maximum Gasteiger partial charge on any atom is 0.237 e. The average Bonchev–Trinajstić information content (AvgIpc) is 3.22. The van der Waals surface area contributed by atoms with Crippen LogP contribution >= 0.6 is 15.9 Å². The maximum absolute atomic E-state index is 12.1. The highest BCUT2D eigenvalue weighted by Crippen LogP contribution is 2.25. The Morgan fingerprint density at radius 2 is 2.25 bits per heavy atom. The molecule has 0 spiro atoms. The molecule has 0 unspecified atom stereocenters. The van der Waals surface area contributed by atoms with Gasteiger partial charge in [0.05, 0.1) is 13.2 Å². The Balaban J connectivity index is 2.00. The molecule has 20 heavy (non-hydrogen) atoms. The van der Waals surface area contributed by atoms with E-state index < -0.39 is 0 Å². The van der Waals surface area contributed by atoms with E-state index in [2.05, 4.69) is 21.2 Å². The van der Waals surface area contributed by atoms with E-state index in [1.54, 1.807) is 7.11 Å². The second-order valence-corrected chi connectivity index (χ2v) is 6.25. The molecular formula is C15H21BrN2O2. The largest absolute Gasteiger partial charge is 0.496 e. The molecule has 1 saturated carbocycles. The summed E-state index contributed by atoms with van der Waals surface area (Å²) in [6.45, 7) is 2.60. The Bertz CT molecular complexity index is 489. The van der Waals surface area contributed by atoms with Gasteiger partial charge in [0.25, 0.3) is 0 Å². The van der Waals surface area contributed by atoms with Crippen LogP contribution in [0.2, 0.25) is 0 Å². The molecule has 0 radical (unpaired) electrons. The number of hydrogen-bond acceptors (Lipinski definition) is 3. The zero-order valence-electron chi connectivity index (χ0n) is 12.1. The molecule has 0 bridgehead atoms. The van der Waals surface area contributed by atoms with E-state index in [0.717, 1.165) is 28.6 Å². The van der Waals surface area contributed by atoms with Crippen LogP contribution in [0, 0.1) is 0 Å². The van der Waals surface area contributed by atoms with Crippen molar-refractivity contribution in [2.75, 3.05) is 14.2 Å². The first-order chi connectivity index (χ1) is 9.51. The first kappa shape index (κ1) is 15.3. The Morgan fingerprint density at radius 3 is 2.85 bits per heavy atom. The normalized spacial score (nSPS) is 16.1. The summed E-state index contributed by atoms with van der Waals surface area (Å²) in [7, 11) is 3.62. The van der Waals surface area contributed by atoms with Gasteiger partial charge in [0.15, 0.2) is 0 Å². The number of likely N-dealkylation sites (N-methyl/N-ethyl adjacent to an activating group) is 1. The number of hydrogen-bond donors (Lipinski definition) is 1. The van der Waals surface area contributed by atoms with Gasteiger partial charge in [-0.05, 0) is 45.0 Å². The van der Waals surface area contributed by atoms with Gasteiger partial charge in [-0.3, -0.25) is 9.69 Å². The molecule has 1 fully saturated rings. The van der Waals surface area contributed by atoms with Gasteiger partial charge in [-0.2, -0.15) is 0 Å². The standard InChI is InChI=1S/C15H21BrN2O2/c1-10(15(19)17-13-5-6-13)18(2)9-11-8-12(16)4-7-14(11)20-3/h4,7-8,10,13H,5-6,9H2,1-3H3,(H,17,19)/t10-/m0/s1. The van der Waals surface area contributed by atoms with Crippen molar-refractivity contribution in [3.05, 3.63) is 28.2 Å². The highest BCUT2D eigenvalue weighted by Gasteiger charge is 2.27. The van der Waals surface area contributed by atoms with E-state index in [0.29, 0.717) is 12.6 Å². The third-order valence-corrected chi connectivity index (χ3v) is 4.12.